The normalized spacial score (nSPS) is 16.7. The Morgan fingerprint density at radius 3 is 2.54 bits per heavy atom. The second-order valence-corrected chi connectivity index (χ2v) is 14.0. The van der Waals surface area contributed by atoms with E-state index in [1.807, 2.05) is 0 Å². The first-order valence-corrected chi connectivity index (χ1v) is 11.9. The molecule has 4 rings (SSSR count). The third-order valence-electron chi connectivity index (χ3n) is 4.76. The summed E-state index contributed by atoms with van der Waals surface area (Å²) in [5.41, 5.74) is 3.04. The number of benzene rings is 2. The molecule has 0 radical (unpaired) electrons. The molecule has 0 spiro atoms. The van der Waals surface area contributed by atoms with Gasteiger partial charge in [-0.3, -0.25) is 0 Å². The van der Waals surface area contributed by atoms with E-state index >= 15 is 0 Å². The minimum Gasteiger partial charge on any atom is -1.00 e. The zero-order chi connectivity index (χ0) is 15.1. The summed E-state index contributed by atoms with van der Waals surface area (Å²) in [7, 11) is 0. The van der Waals surface area contributed by atoms with Gasteiger partial charge in [-0.2, -0.15) is 0 Å². The van der Waals surface area contributed by atoms with E-state index in [1.54, 1.807) is 12.1 Å². The van der Waals surface area contributed by atoms with Gasteiger partial charge < -0.3 is 24.8 Å². The Balaban J connectivity index is 0.00000104. The maximum Gasteiger partial charge on any atom is -1.00 e. The smallest absolute Gasteiger partial charge is 1.00 e. The van der Waals surface area contributed by atoms with Crippen LogP contribution in [0.1, 0.15) is 35.0 Å². The Hall–Kier alpha value is -0.747. The first kappa shape index (κ1) is 19.6. The van der Waals surface area contributed by atoms with E-state index in [2.05, 4.69) is 80.6 Å². The minimum atomic E-state index is -1.78. The fourth-order valence-electron chi connectivity index (χ4n) is 3.80. The van der Waals surface area contributed by atoms with Crippen molar-refractivity contribution in [3.63, 3.8) is 0 Å². The Morgan fingerprint density at radius 2 is 1.83 bits per heavy atom. The third-order valence-corrected chi connectivity index (χ3v) is 12.8. The van der Waals surface area contributed by atoms with E-state index in [0.29, 0.717) is 3.63 Å². The van der Waals surface area contributed by atoms with Crippen molar-refractivity contribution in [3.05, 3.63) is 75.1 Å². The fraction of sp³-hybridized carbons (Fsp3) is 0.190. The maximum absolute atomic E-state index is 2.50. The summed E-state index contributed by atoms with van der Waals surface area (Å²) < 4.78 is 4.13. The van der Waals surface area contributed by atoms with Crippen LogP contribution in [0.2, 0.25) is 0 Å². The zero-order valence-electron chi connectivity index (χ0n) is 13.9. The van der Waals surface area contributed by atoms with Crippen LogP contribution in [0.3, 0.4) is 0 Å². The molecule has 122 valence electrons. The van der Waals surface area contributed by atoms with Crippen molar-refractivity contribution in [2.45, 2.75) is 23.9 Å². The standard InChI is InChI=1S/C13H9.C5H5.C3H6.2ClH.Zr/c1-2-6-12-10(4-1)8-9-11-5-3-7-13(11)12;1-2-4-5-3-1;1-3-2;;;/h1-9H;1-3H,4H2;1-2H3;2*1H;/q;;;;;+2/p-2. The van der Waals surface area contributed by atoms with Crippen molar-refractivity contribution < 1.29 is 46.1 Å². The van der Waals surface area contributed by atoms with Crippen LogP contribution in [0.4, 0.5) is 0 Å². The molecule has 0 heterocycles. The molecule has 2 aliphatic carbocycles. The Bertz CT molecular complexity index is 884. The molecule has 0 aromatic heterocycles. The second kappa shape index (κ2) is 8.09. The zero-order valence-corrected chi connectivity index (χ0v) is 17.9. The predicted octanol–water partition coefficient (Wildman–Crippen LogP) is -0.410. The largest absolute Gasteiger partial charge is 1.00 e. The second-order valence-electron chi connectivity index (χ2n) is 6.36. The molecule has 3 heteroatoms. The molecule has 0 aliphatic heterocycles. The predicted molar refractivity (Wildman–Crippen MR) is 93.9 cm³/mol. The number of fused-ring (bicyclic) bond motifs is 3. The Morgan fingerprint density at radius 1 is 1.04 bits per heavy atom. The van der Waals surface area contributed by atoms with Gasteiger partial charge in [0.25, 0.3) is 0 Å². The van der Waals surface area contributed by atoms with Crippen molar-refractivity contribution in [1.29, 1.82) is 0 Å². The Kier molecular flexibility index (Phi) is 6.60. The molecule has 1 atom stereocenters. The number of hydrogen-bond acceptors (Lipinski definition) is 0. The van der Waals surface area contributed by atoms with E-state index < -0.39 is 21.3 Å². The van der Waals surface area contributed by atoms with Gasteiger partial charge in [0.1, 0.15) is 0 Å². The van der Waals surface area contributed by atoms with Gasteiger partial charge >= 0.3 is 140 Å². The average molecular weight is 435 g/mol. The molecule has 0 fully saturated rings. The molecule has 0 amide bonds. The first-order chi connectivity index (χ1) is 10.8. The van der Waals surface area contributed by atoms with Gasteiger partial charge in [-0.15, -0.1) is 0 Å². The van der Waals surface area contributed by atoms with Crippen LogP contribution in [-0.4, -0.2) is 3.21 Å². The number of hydrogen-bond donors (Lipinski definition) is 0. The number of allylic oxidation sites excluding steroid dienone is 5. The Labute approximate surface area is 164 Å². The molecule has 2 aromatic rings. The van der Waals surface area contributed by atoms with Gasteiger partial charge in [-0.25, -0.2) is 0 Å². The van der Waals surface area contributed by atoms with E-state index in [-0.39, 0.29) is 24.8 Å². The van der Waals surface area contributed by atoms with Crippen LogP contribution < -0.4 is 24.8 Å². The minimum absolute atomic E-state index is 0. The van der Waals surface area contributed by atoms with Crippen molar-refractivity contribution in [1.82, 2.24) is 0 Å². The van der Waals surface area contributed by atoms with E-state index in [1.165, 1.54) is 22.8 Å². The van der Waals surface area contributed by atoms with E-state index in [4.69, 9.17) is 0 Å². The average Bonchev–Trinajstić information content (AvgIpc) is 3.18. The van der Waals surface area contributed by atoms with Crippen molar-refractivity contribution in [2.24, 2.45) is 0 Å². The SMILES string of the molecule is C[C](C)=[Zr+2]([C]1=CC=CC1)[CH]1C=Cc2c1ccc1ccccc21.[Cl-].[Cl-]. The van der Waals surface area contributed by atoms with Crippen LogP contribution in [0.15, 0.2) is 64.0 Å². The van der Waals surface area contributed by atoms with Crippen LogP contribution in [0, 0.1) is 0 Å². The van der Waals surface area contributed by atoms with Gasteiger partial charge in [0, 0.05) is 0 Å². The van der Waals surface area contributed by atoms with Crippen LogP contribution in [-0.2, 0) is 21.3 Å². The van der Waals surface area contributed by atoms with Gasteiger partial charge in [0.15, 0.2) is 0 Å². The monoisotopic (exact) mass is 432 g/mol. The van der Waals surface area contributed by atoms with Crippen molar-refractivity contribution in [2.75, 3.05) is 0 Å². The molecule has 0 saturated heterocycles. The summed E-state index contributed by atoms with van der Waals surface area (Å²) in [6.07, 6.45) is 13.0. The summed E-state index contributed by atoms with van der Waals surface area (Å²) >= 11 is -1.78. The van der Waals surface area contributed by atoms with Crippen LogP contribution in [0.25, 0.3) is 16.8 Å². The summed E-state index contributed by atoms with van der Waals surface area (Å²) in [6, 6.07) is 13.5. The maximum atomic E-state index is 2.50. The molecular weight excluding hydrogens is 414 g/mol. The molecule has 0 bridgehead atoms. The van der Waals surface area contributed by atoms with Gasteiger partial charge in [-0.05, 0) is 0 Å². The summed E-state index contributed by atoms with van der Waals surface area (Å²) in [4.78, 5) is 0. The van der Waals surface area contributed by atoms with Gasteiger partial charge in [0.2, 0.25) is 0 Å². The topological polar surface area (TPSA) is 0 Å². The fourth-order valence-corrected chi connectivity index (χ4v) is 11.5. The van der Waals surface area contributed by atoms with Crippen molar-refractivity contribution in [3.8, 4) is 0 Å². The van der Waals surface area contributed by atoms with Crippen LogP contribution >= 0.6 is 0 Å². The molecule has 2 aliphatic rings. The van der Waals surface area contributed by atoms with Crippen LogP contribution in [0.5, 0.6) is 0 Å². The van der Waals surface area contributed by atoms with Gasteiger partial charge in [-0.1, -0.05) is 0 Å². The summed E-state index contributed by atoms with van der Waals surface area (Å²) in [6.45, 7) is 4.72. The molecule has 1 unspecified atom stereocenters. The van der Waals surface area contributed by atoms with Crippen molar-refractivity contribution >= 4 is 20.1 Å². The van der Waals surface area contributed by atoms with Gasteiger partial charge in [0.05, 0.1) is 0 Å². The molecule has 0 nitrogen and oxygen atoms in total. The quantitative estimate of drug-likeness (QED) is 0.603. The van der Waals surface area contributed by atoms with E-state index in [9.17, 15) is 0 Å². The molecule has 24 heavy (non-hydrogen) atoms. The molecular formula is C21H20Cl2Zr. The molecule has 2 aromatic carbocycles. The number of halogens is 2. The molecule has 0 N–H and O–H groups in total. The summed E-state index contributed by atoms with van der Waals surface area (Å²) in [5, 5.41) is 2.77. The molecule has 0 saturated carbocycles. The first-order valence-electron chi connectivity index (χ1n) is 7.99. The number of rotatable bonds is 2. The third kappa shape index (κ3) is 3.32. The van der Waals surface area contributed by atoms with E-state index in [0.717, 1.165) is 0 Å². The summed E-state index contributed by atoms with van der Waals surface area (Å²) in [5.74, 6) is 0.